The Morgan fingerprint density at radius 2 is 1.85 bits per heavy atom. The van der Waals surface area contributed by atoms with Gasteiger partial charge < -0.3 is 16.0 Å². The van der Waals surface area contributed by atoms with Gasteiger partial charge in [-0.3, -0.25) is 4.79 Å². The highest BCUT2D eigenvalue weighted by Crippen LogP contribution is 2.46. The van der Waals surface area contributed by atoms with Gasteiger partial charge in [-0.05, 0) is 18.9 Å². The van der Waals surface area contributed by atoms with E-state index in [1.165, 1.54) is 13.0 Å². The molecule has 1 saturated carbocycles. The molecule has 3 amide bonds. The lowest BCUT2D eigenvalue weighted by Crippen LogP contribution is -2.44. The average Bonchev–Trinajstić information content (AvgIpc) is 3.15. The van der Waals surface area contributed by atoms with Crippen molar-refractivity contribution in [2.45, 2.75) is 25.3 Å². The van der Waals surface area contributed by atoms with E-state index in [-0.39, 0.29) is 17.8 Å². The number of amides is 3. The Hall–Kier alpha value is -2.11. The Morgan fingerprint density at radius 1 is 1.20 bits per heavy atom. The molecule has 108 valence electrons. The van der Waals surface area contributed by atoms with E-state index in [1.807, 2.05) is 0 Å². The first-order chi connectivity index (χ1) is 9.53. The fraction of sp³-hybridized carbons (Fsp3) is 0.429. The largest absolute Gasteiger partial charge is 0.355 e. The molecule has 0 saturated heterocycles. The van der Waals surface area contributed by atoms with E-state index < -0.39 is 5.54 Å². The third kappa shape index (κ3) is 3.46. The minimum Gasteiger partial charge on any atom is -0.355 e. The number of rotatable bonds is 5. The molecule has 1 aliphatic rings. The van der Waals surface area contributed by atoms with Crippen LogP contribution >= 0.6 is 0 Å². The third-order valence-electron chi connectivity index (χ3n) is 3.28. The smallest absolute Gasteiger partial charge is 0.315 e. The van der Waals surface area contributed by atoms with E-state index in [0.29, 0.717) is 18.7 Å². The van der Waals surface area contributed by atoms with Crippen LogP contribution in [0.25, 0.3) is 0 Å². The second-order valence-corrected chi connectivity index (χ2v) is 4.93. The summed E-state index contributed by atoms with van der Waals surface area (Å²) in [6, 6.07) is 6.12. The molecule has 5 nitrogen and oxygen atoms in total. The highest BCUT2D eigenvalue weighted by Gasteiger charge is 2.47. The molecule has 6 heteroatoms. The van der Waals surface area contributed by atoms with Gasteiger partial charge in [0, 0.05) is 25.6 Å². The molecule has 20 heavy (non-hydrogen) atoms. The molecule has 2 rings (SSSR count). The molecule has 0 radical (unpaired) electrons. The van der Waals surface area contributed by atoms with Gasteiger partial charge in [-0.15, -0.1) is 0 Å². The summed E-state index contributed by atoms with van der Waals surface area (Å²) < 4.78 is 13.8. The SMILES string of the molecule is CC(=O)NCCNC(=O)NC1(c2ccccc2F)CC1. The highest BCUT2D eigenvalue weighted by molar-refractivity contribution is 5.76. The first-order valence-corrected chi connectivity index (χ1v) is 6.59. The van der Waals surface area contributed by atoms with Gasteiger partial charge >= 0.3 is 6.03 Å². The number of carbonyl (C=O) groups excluding carboxylic acids is 2. The molecule has 0 aromatic heterocycles. The Morgan fingerprint density at radius 3 is 2.45 bits per heavy atom. The lowest BCUT2D eigenvalue weighted by atomic mass is 10.0. The van der Waals surface area contributed by atoms with Crippen LogP contribution in [0.15, 0.2) is 24.3 Å². The van der Waals surface area contributed by atoms with E-state index in [4.69, 9.17) is 0 Å². The van der Waals surface area contributed by atoms with Gasteiger partial charge in [-0.25, -0.2) is 9.18 Å². The lowest BCUT2D eigenvalue weighted by Gasteiger charge is -2.19. The predicted molar refractivity (Wildman–Crippen MR) is 72.5 cm³/mol. The average molecular weight is 279 g/mol. The fourth-order valence-corrected chi connectivity index (χ4v) is 2.11. The van der Waals surface area contributed by atoms with Crippen molar-refractivity contribution in [2.75, 3.05) is 13.1 Å². The molecule has 0 atom stereocenters. The molecule has 0 unspecified atom stereocenters. The van der Waals surface area contributed by atoms with E-state index in [2.05, 4.69) is 16.0 Å². The number of urea groups is 1. The zero-order valence-electron chi connectivity index (χ0n) is 11.3. The lowest BCUT2D eigenvalue weighted by molar-refractivity contribution is -0.118. The molecule has 1 aromatic carbocycles. The standard InChI is InChI=1S/C14H18FN3O2/c1-10(19)16-8-9-17-13(20)18-14(6-7-14)11-4-2-3-5-12(11)15/h2-5H,6-9H2,1H3,(H,16,19)(H2,17,18,20). The Kier molecular flexibility index (Phi) is 4.22. The van der Waals surface area contributed by atoms with Gasteiger partial charge in [-0.2, -0.15) is 0 Å². The summed E-state index contributed by atoms with van der Waals surface area (Å²) >= 11 is 0. The monoisotopic (exact) mass is 279 g/mol. The van der Waals surface area contributed by atoms with E-state index >= 15 is 0 Å². The third-order valence-corrected chi connectivity index (χ3v) is 3.28. The van der Waals surface area contributed by atoms with Gasteiger partial charge in [0.15, 0.2) is 0 Å². The zero-order valence-corrected chi connectivity index (χ0v) is 11.3. The topological polar surface area (TPSA) is 70.2 Å². The van der Waals surface area contributed by atoms with Gasteiger partial charge in [0.05, 0.1) is 5.54 Å². The molecule has 1 aromatic rings. The number of nitrogens with one attached hydrogen (secondary N) is 3. The van der Waals surface area contributed by atoms with Crippen LogP contribution in [-0.4, -0.2) is 25.0 Å². The van der Waals surface area contributed by atoms with Crippen LogP contribution in [0.4, 0.5) is 9.18 Å². The number of hydrogen-bond acceptors (Lipinski definition) is 2. The van der Waals surface area contributed by atoms with Crippen LogP contribution < -0.4 is 16.0 Å². The quantitative estimate of drug-likeness (QED) is 0.710. The van der Waals surface area contributed by atoms with Crippen molar-refractivity contribution in [3.63, 3.8) is 0 Å². The highest BCUT2D eigenvalue weighted by atomic mass is 19.1. The Balaban J connectivity index is 1.85. The summed E-state index contributed by atoms with van der Waals surface area (Å²) in [4.78, 5) is 22.4. The second-order valence-electron chi connectivity index (χ2n) is 4.93. The van der Waals surface area contributed by atoms with Crippen molar-refractivity contribution in [3.8, 4) is 0 Å². The summed E-state index contributed by atoms with van der Waals surface area (Å²) in [5.74, 6) is -0.444. The minimum atomic E-state index is -0.580. The molecule has 0 spiro atoms. The maximum absolute atomic E-state index is 13.8. The predicted octanol–water partition coefficient (Wildman–Crippen LogP) is 1.25. The Labute approximate surface area is 116 Å². The van der Waals surface area contributed by atoms with Crippen LogP contribution in [0, 0.1) is 5.82 Å². The first-order valence-electron chi connectivity index (χ1n) is 6.59. The number of halogens is 1. The first kappa shape index (κ1) is 14.3. The second kappa shape index (κ2) is 5.90. The molecule has 0 aliphatic heterocycles. The van der Waals surface area contributed by atoms with Gasteiger partial charge in [0.1, 0.15) is 5.82 Å². The van der Waals surface area contributed by atoms with Crippen LogP contribution in [0.1, 0.15) is 25.3 Å². The molecular weight excluding hydrogens is 261 g/mol. The number of carbonyl (C=O) groups is 2. The maximum atomic E-state index is 13.8. The van der Waals surface area contributed by atoms with Crippen molar-refractivity contribution >= 4 is 11.9 Å². The molecule has 0 bridgehead atoms. The van der Waals surface area contributed by atoms with Crippen molar-refractivity contribution in [2.24, 2.45) is 0 Å². The summed E-state index contributed by atoms with van der Waals surface area (Å²) in [5, 5.41) is 8.02. The summed E-state index contributed by atoms with van der Waals surface area (Å²) in [6.45, 7) is 2.12. The molecule has 0 heterocycles. The molecular formula is C14H18FN3O2. The Bertz CT molecular complexity index is 515. The molecule has 1 fully saturated rings. The van der Waals surface area contributed by atoms with E-state index in [0.717, 1.165) is 12.8 Å². The van der Waals surface area contributed by atoms with Crippen LogP contribution in [0.3, 0.4) is 0 Å². The minimum absolute atomic E-state index is 0.141. The fourth-order valence-electron chi connectivity index (χ4n) is 2.11. The van der Waals surface area contributed by atoms with Gasteiger partial charge in [-0.1, -0.05) is 18.2 Å². The molecule has 1 aliphatic carbocycles. The normalized spacial score (nSPS) is 15.3. The van der Waals surface area contributed by atoms with E-state index in [9.17, 15) is 14.0 Å². The van der Waals surface area contributed by atoms with Crippen molar-refractivity contribution in [3.05, 3.63) is 35.6 Å². The van der Waals surface area contributed by atoms with Crippen LogP contribution in [0.5, 0.6) is 0 Å². The summed E-state index contributed by atoms with van der Waals surface area (Å²) in [5.41, 5.74) is -0.0549. The van der Waals surface area contributed by atoms with Crippen LogP contribution in [-0.2, 0) is 10.3 Å². The van der Waals surface area contributed by atoms with E-state index in [1.54, 1.807) is 18.2 Å². The summed E-state index contributed by atoms with van der Waals surface area (Å²) in [6.07, 6.45) is 1.46. The van der Waals surface area contributed by atoms with Gasteiger partial charge in [0.2, 0.25) is 5.91 Å². The van der Waals surface area contributed by atoms with Crippen molar-refractivity contribution < 1.29 is 14.0 Å². The van der Waals surface area contributed by atoms with Gasteiger partial charge in [0.25, 0.3) is 0 Å². The molecule has 3 N–H and O–H groups in total. The zero-order chi connectivity index (χ0) is 14.6. The van der Waals surface area contributed by atoms with Crippen LogP contribution in [0.2, 0.25) is 0 Å². The summed E-state index contributed by atoms with van der Waals surface area (Å²) in [7, 11) is 0. The van der Waals surface area contributed by atoms with Crippen molar-refractivity contribution in [1.29, 1.82) is 0 Å². The van der Waals surface area contributed by atoms with Crippen molar-refractivity contribution in [1.82, 2.24) is 16.0 Å². The number of hydrogen-bond donors (Lipinski definition) is 3. The number of benzene rings is 1. The maximum Gasteiger partial charge on any atom is 0.315 e.